The van der Waals surface area contributed by atoms with E-state index in [4.69, 9.17) is 14.1 Å². The van der Waals surface area contributed by atoms with Gasteiger partial charge in [0.2, 0.25) is 5.82 Å². The molecule has 0 saturated carbocycles. The Bertz CT molecular complexity index is 1020. The van der Waals surface area contributed by atoms with Crippen LogP contribution < -0.4 is 10.2 Å². The van der Waals surface area contributed by atoms with Crippen LogP contribution in [0.5, 0.6) is 5.75 Å². The number of nitrogens with one attached hydrogen (secondary N) is 1. The molecule has 6 heteroatoms. The molecule has 27 heavy (non-hydrogen) atoms. The van der Waals surface area contributed by atoms with Gasteiger partial charge in [-0.1, -0.05) is 23.4 Å². The van der Waals surface area contributed by atoms with Gasteiger partial charge in [0.15, 0.2) is 0 Å². The Morgan fingerprint density at radius 1 is 1.07 bits per heavy atom. The van der Waals surface area contributed by atoms with E-state index in [0.717, 1.165) is 28.0 Å². The molecule has 0 radical (unpaired) electrons. The number of ether oxygens (including phenoxy) is 1. The Morgan fingerprint density at radius 3 is 2.59 bits per heavy atom. The third kappa shape index (κ3) is 3.08. The van der Waals surface area contributed by atoms with Gasteiger partial charge in [0.05, 0.1) is 18.7 Å². The van der Waals surface area contributed by atoms with Gasteiger partial charge in [-0.05, 0) is 56.2 Å². The number of aromatic nitrogens is 2. The largest absolute Gasteiger partial charge is 0.496 e. The van der Waals surface area contributed by atoms with Crippen LogP contribution in [0.2, 0.25) is 0 Å². The van der Waals surface area contributed by atoms with E-state index in [1.54, 1.807) is 7.11 Å². The summed E-state index contributed by atoms with van der Waals surface area (Å²) in [5.41, 5.74) is 8.11. The van der Waals surface area contributed by atoms with Gasteiger partial charge in [-0.25, -0.2) is 0 Å². The first-order valence-corrected chi connectivity index (χ1v) is 8.80. The lowest BCUT2D eigenvalue weighted by molar-refractivity contribution is 0.122. The van der Waals surface area contributed by atoms with Crippen molar-refractivity contribution in [1.29, 1.82) is 0 Å². The van der Waals surface area contributed by atoms with Crippen molar-refractivity contribution in [2.75, 3.05) is 7.11 Å². The number of allylic oxidation sites excluding steroid dienone is 1. The van der Waals surface area contributed by atoms with Crippen LogP contribution in [0.1, 0.15) is 25.0 Å². The van der Waals surface area contributed by atoms with E-state index in [0.29, 0.717) is 17.5 Å². The summed E-state index contributed by atoms with van der Waals surface area (Å²) in [5.74, 6) is 2.59. The quantitative estimate of drug-likeness (QED) is 0.742. The number of benzene rings is 2. The minimum Gasteiger partial charge on any atom is -0.496 e. The van der Waals surface area contributed by atoms with Crippen LogP contribution in [-0.2, 0) is 4.84 Å². The first-order valence-electron chi connectivity index (χ1n) is 8.80. The Labute approximate surface area is 157 Å². The third-order valence-corrected chi connectivity index (χ3v) is 4.74. The molecular weight excluding hydrogens is 342 g/mol. The zero-order chi connectivity index (χ0) is 19.0. The minimum absolute atomic E-state index is 0.148. The van der Waals surface area contributed by atoms with Gasteiger partial charge >= 0.3 is 0 Å². The van der Waals surface area contributed by atoms with E-state index in [1.165, 1.54) is 5.57 Å². The summed E-state index contributed by atoms with van der Waals surface area (Å²) in [7, 11) is 1.63. The van der Waals surface area contributed by atoms with E-state index in [2.05, 4.69) is 41.6 Å². The molecule has 1 unspecified atom stereocenters. The Hall–Kier alpha value is -3.12. The summed E-state index contributed by atoms with van der Waals surface area (Å²) in [6.07, 6.45) is 0. The fourth-order valence-electron chi connectivity index (χ4n) is 3.40. The van der Waals surface area contributed by atoms with Gasteiger partial charge in [0, 0.05) is 11.1 Å². The van der Waals surface area contributed by atoms with Gasteiger partial charge in [-0.15, -0.1) is 5.48 Å². The molecule has 1 N–H and O–H groups in total. The highest BCUT2D eigenvalue weighted by Crippen LogP contribution is 2.33. The van der Waals surface area contributed by atoms with Crippen molar-refractivity contribution in [3.05, 3.63) is 59.4 Å². The summed E-state index contributed by atoms with van der Waals surface area (Å²) < 4.78 is 10.9. The van der Waals surface area contributed by atoms with E-state index in [-0.39, 0.29) is 6.04 Å². The fourth-order valence-corrected chi connectivity index (χ4v) is 3.40. The Balaban J connectivity index is 1.69. The normalized spacial score (nSPS) is 16.5. The number of aryl methyl sites for hydroxylation is 1. The molecule has 0 bridgehead atoms. The smallest absolute Gasteiger partial charge is 0.258 e. The first-order chi connectivity index (χ1) is 13.1. The maximum absolute atomic E-state index is 5.50. The molecule has 2 aromatic carbocycles. The molecule has 1 atom stereocenters. The van der Waals surface area contributed by atoms with E-state index < -0.39 is 0 Å². The lowest BCUT2D eigenvalue weighted by Crippen LogP contribution is -2.19. The molecule has 3 aromatic rings. The van der Waals surface area contributed by atoms with Crippen molar-refractivity contribution in [1.82, 2.24) is 15.6 Å². The van der Waals surface area contributed by atoms with Crippen molar-refractivity contribution in [2.24, 2.45) is 0 Å². The molecule has 4 rings (SSSR count). The molecule has 1 aliphatic heterocycles. The van der Waals surface area contributed by atoms with Crippen LogP contribution in [0.15, 0.2) is 52.7 Å². The van der Waals surface area contributed by atoms with Gasteiger partial charge in [-0.3, -0.25) is 0 Å². The van der Waals surface area contributed by atoms with Crippen molar-refractivity contribution < 1.29 is 14.1 Å². The van der Waals surface area contributed by atoms with Crippen molar-refractivity contribution in [2.45, 2.75) is 26.8 Å². The second kappa shape index (κ2) is 6.89. The number of nitrogens with zero attached hydrogens (tertiary/aromatic N) is 2. The summed E-state index contributed by atoms with van der Waals surface area (Å²) in [6, 6.07) is 13.9. The summed E-state index contributed by atoms with van der Waals surface area (Å²) in [4.78, 5) is 10.0. The molecule has 0 amide bonds. The number of rotatable bonds is 4. The van der Waals surface area contributed by atoms with Crippen LogP contribution in [0.3, 0.4) is 0 Å². The molecule has 0 fully saturated rings. The maximum atomic E-state index is 5.50. The molecule has 0 aliphatic carbocycles. The number of hydrogen-bond donors (Lipinski definition) is 1. The zero-order valence-corrected chi connectivity index (χ0v) is 15.7. The van der Waals surface area contributed by atoms with E-state index in [9.17, 15) is 0 Å². The summed E-state index contributed by atoms with van der Waals surface area (Å²) >= 11 is 0. The highest BCUT2D eigenvalue weighted by molar-refractivity contribution is 5.76. The van der Waals surface area contributed by atoms with Gasteiger partial charge in [0.25, 0.3) is 5.89 Å². The molecule has 0 spiro atoms. The van der Waals surface area contributed by atoms with Crippen LogP contribution in [-0.4, -0.2) is 23.3 Å². The number of hydroxylamine groups is 1. The molecule has 1 aromatic heterocycles. The second-order valence-corrected chi connectivity index (χ2v) is 6.56. The van der Waals surface area contributed by atoms with Crippen LogP contribution in [0.4, 0.5) is 0 Å². The van der Waals surface area contributed by atoms with Crippen molar-refractivity contribution in [3.8, 4) is 28.6 Å². The molecule has 1 aliphatic rings. The molecule has 6 nitrogen and oxygen atoms in total. The summed E-state index contributed by atoms with van der Waals surface area (Å²) in [5, 5.41) is 4.12. The van der Waals surface area contributed by atoms with Crippen LogP contribution in [0.25, 0.3) is 28.4 Å². The highest BCUT2D eigenvalue weighted by atomic mass is 16.7. The van der Waals surface area contributed by atoms with Gasteiger partial charge in [0.1, 0.15) is 11.5 Å². The first kappa shape index (κ1) is 17.3. The third-order valence-electron chi connectivity index (χ3n) is 4.74. The minimum atomic E-state index is 0.148. The molecule has 0 saturated heterocycles. The highest BCUT2D eigenvalue weighted by Gasteiger charge is 2.24. The average Bonchev–Trinajstić information content (AvgIpc) is 3.29. The Kier molecular flexibility index (Phi) is 4.41. The lowest BCUT2D eigenvalue weighted by Gasteiger charge is -2.11. The monoisotopic (exact) mass is 363 g/mol. The Morgan fingerprint density at radius 2 is 1.89 bits per heavy atom. The van der Waals surface area contributed by atoms with E-state index in [1.807, 2.05) is 37.3 Å². The van der Waals surface area contributed by atoms with E-state index >= 15 is 0 Å². The fraction of sp³-hybridized carbons (Fsp3) is 0.238. The molecule has 2 heterocycles. The molecular formula is C21H21N3O3. The number of para-hydroxylation sites is 1. The SMILES string of the molecule is COc1ccccc1-c1noc(-c2ccc(C3=C(C)ONC3C)c(C)c2)n1. The predicted molar refractivity (Wildman–Crippen MR) is 103 cm³/mol. The van der Waals surface area contributed by atoms with Crippen LogP contribution >= 0.6 is 0 Å². The standard InChI is InChI=1S/C21H21N3O3/c1-12-11-15(9-10-16(12)19-13(2)23-26-14(19)3)21-22-20(24-27-21)17-7-5-6-8-18(17)25-4/h5-11,13,23H,1-4H3. The van der Waals surface area contributed by atoms with Gasteiger partial charge in [-0.2, -0.15) is 4.98 Å². The second-order valence-electron chi connectivity index (χ2n) is 6.56. The maximum Gasteiger partial charge on any atom is 0.258 e. The molecule has 138 valence electrons. The van der Waals surface area contributed by atoms with Crippen molar-refractivity contribution >= 4 is 5.57 Å². The number of hydrogen-bond acceptors (Lipinski definition) is 6. The van der Waals surface area contributed by atoms with Crippen molar-refractivity contribution in [3.63, 3.8) is 0 Å². The predicted octanol–water partition coefficient (Wildman–Crippen LogP) is 4.37. The van der Waals surface area contributed by atoms with Crippen LogP contribution in [0, 0.1) is 6.92 Å². The number of methoxy groups -OCH3 is 1. The summed E-state index contributed by atoms with van der Waals surface area (Å²) in [6.45, 7) is 6.12. The lowest BCUT2D eigenvalue weighted by atomic mass is 9.94. The average molecular weight is 363 g/mol. The topological polar surface area (TPSA) is 69.4 Å². The van der Waals surface area contributed by atoms with Gasteiger partial charge < -0.3 is 14.1 Å². The zero-order valence-electron chi connectivity index (χ0n) is 15.7.